The summed E-state index contributed by atoms with van der Waals surface area (Å²) < 4.78 is 0. The molecule has 1 fully saturated rings. The van der Waals surface area contributed by atoms with E-state index in [1.54, 1.807) is 6.07 Å². The maximum absolute atomic E-state index is 11.1. The van der Waals surface area contributed by atoms with Gasteiger partial charge in [-0.1, -0.05) is 11.6 Å². The number of carboxylic acid groups (broad SMARTS) is 1. The Labute approximate surface area is 121 Å². The number of benzene rings is 1. The van der Waals surface area contributed by atoms with Crippen LogP contribution in [0.25, 0.3) is 0 Å². The zero-order valence-corrected chi connectivity index (χ0v) is 11.7. The molecule has 1 aliphatic rings. The Kier molecular flexibility index (Phi) is 4.25. The van der Waals surface area contributed by atoms with Crippen molar-refractivity contribution in [3.05, 3.63) is 38.9 Å². The lowest BCUT2D eigenvalue weighted by Crippen LogP contribution is -2.32. The van der Waals surface area contributed by atoms with E-state index in [0.717, 1.165) is 0 Å². The smallest absolute Gasteiger partial charge is 0.308 e. The van der Waals surface area contributed by atoms with Crippen LogP contribution in [-0.2, 0) is 11.3 Å². The van der Waals surface area contributed by atoms with E-state index in [1.165, 1.54) is 12.1 Å². The molecule has 0 aliphatic carbocycles. The van der Waals surface area contributed by atoms with Gasteiger partial charge in [0.2, 0.25) is 0 Å². The number of halogens is 1. The summed E-state index contributed by atoms with van der Waals surface area (Å²) in [6.45, 7) is 2.78. The van der Waals surface area contributed by atoms with Gasteiger partial charge >= 0.3 is 5.97 Å². The minimum atomic E-state index is -0.819. The number of carbonyl (C=O) groups is 1. The molecule has 1 aromatic rings. The van der Waals surface area contributed by atoms with Gasteiger partial charge in [0.05, 0.1) is 10.8 Å². The number of nitrogens with zero attached hydrogens (tertiary/aromatic N) is 2. The monoisotopic (exact) mass is 298 g/mol. The third-order valence-corrected chi connectivity index (χ3v) is 4.05. The molecule has 108 valence electrons. The summed E-state index contributed by atoms with van der Waals surface area (Å²) in [6.07, 6.45) is 0.560. The summed E-state index contributed by atoms with van der Waals surface area (Å²) in [5.41, 5.74) is 0.528. The van der Waals surface area contributed by atoms with E-state index in [1.807, 2.05) is 11.8 Å². The second-order valence-electron chi connectivity index (χ2n) is 4.97. The van der Waals surface area contributed by atoms with Crippen molar-refractivity contribution in [2.75, 3.05) is 6.54 Å². The highest BCUT2D eigenvalue weighted by Crippen LogP contribution is 2.30. The topological polar surface area (TPSA) is 83.7 Å². The summed E-state index contributed by atoms with van der Waals surface area (Å²) in [6, 6.07) is 4.29. The van der Waals surface area contributed by atoms with E-state index < -0.39 is 16.8 Å². The summed E-state index contributed by atoms with van der Waals surface area (Å²) in [4.78, 5) is 23.6. The van der Waals surface area contributed by atoms with Gasteiger partial charge in [-0.2, -0.15) is 0 Å². The molecule has 2 unspecified atom stereocenters. The fourth-order valence-corrected chi connectivity index (χ4v) is 2.83. The molecule has 1 heterocycles. The maximum Gasteiger partial charge on any atom is 0.308 e. The second kappa shape index (κ2) is 5.76. The van der Waals surface area contributed by atoms with Crippen LogP contribution in [0.3, 0.4) is 0 Å². The predicted octanol–water partition coefficient (Wildman–Crippen LogP) is 2.54. The zero-order valence-electron chi connectivity index (χ0n) is 11.0. The standard InChI is InChI=1S/C13H15ClN2O4/c1-8-11(13(17)18)4-5-15(8)7-9-6-10(14)2-3-12(9)16(19)20/h2-3,6,8,11H,4-5,7H2,1H3,(H,17,18). The zero-order chi connectivity index (χ0) is 14.9. The Morgan fingerprint density at radius 2 is 2.30 bits per heavy atom. The first-order valence-electron chi connectivity index (χ1n) is 6.30. The van der Waals surface area contributed by atoms with Crippen molar-refractivity contribution in [2.45, 2.75) is 25.9 Å². The first-order valence-corrected chi connectivity index (χ1v) is 6.67. The molecule has 6 nitrogen and oxygen atoms in total. The van der Waals surface area contributed by atoms with E-state index in [9.17, 15) is 14.9 Å². The fraction of sp³-hybridized carbons (Fsp3) is 0.462. The van der Waals surface area contributed by atoms with E-state index in [2.05, 4.69) is 0 Å². The van der Waals surface area contributed by atoms with Gasteiger partial charge in [0.25, 0.3) is 5.69 Å². The lowest BCUT2D eigenvalue weighted by molar-refractivity contribution is -0.385. The molecular weight excluding hydrogens is 284 g/mol. The maximum atomic E-state index is 11.1. The van der Waals surface area contributed by atoms with Gasteiger partial charge < -0.3 is 5.11 Å². The molecule has 7 heteroatoms. The molecule has 1 aliphatic heterocycles. The first kappa shape index (κ1) is 14.7. The SMILES string of the molecule is CC1C(C(=O)O)CCN1Cc1cc(Cl)ccc1[N+](=O)[O-]. The molecule has 1 aromatic carbocycles. The lowest BCUT2D eigenvalue weighted by atomic mass is 10.0. The third-order valence-electron chi connectivity index (χ3n) is 3.81. The molecule has 0 saturated carbocycles. The highest BCUT2D eigenvalue weighted by molar-refractivity contribution is 6.30. The minimum absolute atomic E-state index is 0.0142. The number of hydrogen-bond acceptors (Lipinski definition) is 4. The van der Waals surface area contributed by atoms with Crippen LogP contribution in [-0.4, -0.2) is 33.5 Å². The van der Waals surface area contributed by atoms with Crippen LogP contribution >= 0.6 is 11.6 Å². The molecule has 0 bridgehead atoms. The molecule has 0 spiro atoms. The number of carboxylic acids is 1. The van der Waals surface area contributed by atoms with Gasteiger partial charge in [-0.15, -0.1) is 0 Å². The van der Waals surface area contributed by atoms with Crippen molar-refractivity contribution < 1.29 is 14.8 Å². The first-order chi connectivity index (χ1) is 9.40. The number of likely N-dealkylation sites (tertiary alicyclic amines) is 1. The van der Waals surface area contributed by atoms with Crippen LogP contribution in [0.4, 0.5) is 5.69 Å². The summed E-state index contributed by atoms with van der Waals surface area (Å²) >= 11 is 5.89. The third kappa shape index (κ3) is 2.91. The highest BCUT2D eigenvalue weighted by Gasteiger charge is 2.36. The summed E-state index contributed by atoms with van der Waals surface area (Å²) in [7, 11) is 0. The van der Waals surface area contributed by atoms with Crippen molar-refractivity contribution in [3.8, 4) is 0 Å². The Hall–Kier alpha value is -1.66. The minimum Gasteiger partial charge on any atom is -0.481 e. The van der Waals surface area contributed by atoms with E-state index in [-0.39, 0.29) is 11.7 Å². The van der Waals surface area contributed by atoms with Gasteiger partial charge in [0, 0.05) is 29.2 Å². The normalized spacial score (nSPS) is 22.9. The average Bonchev–Trinajstić information content (AvgIpc) is 2.71. The van der Waals surface area contributed by atoms with E-state index >= 15 is 0 Å². The van der Waals surface area contributed by atoms with Crippen LogP contribution in [0.15, 0.2) is 18.2 Å². The number of nitro groups is 1. The second-order valence-corrected chi connectivity index (χ2v) is 5.41. The molecule has 0 radical (unpaired) electrons. The molecule has 1 saturated heterocycles. The number of hydrogen-bond donors (Lipinski definition) is 1. The number of rotatable bonds is 4. The molecular formula is C13H15ClN2O4. The molecule has 20 heavy (non-hydrogen) atoms. The molecule has 2 rings (SSSR count). The highest BCUT2D eigenvalue weighted by atomic mass is 35.5. The Morgan fingerprint density at radius 3 is 2.85 bits per heavy atom. The number of nitro benzene ring substituents is 1. The van der Waals surface area contributed by atoms with Crippen molar-refractivity contribution in [2.24, 2.45) is 5.92 Å². The molecule has 1 N–H and O–H groups in total. The largest absolute Gasteiger partial charge is 0.481 e. The Balaban J connectivity index is 2.20. The molecule has 2 atom stereocenters. The van der Waals surface area contributed by atoms with E-state index in [0.29, 0.717) is 30.1 Å². The van der Waals surface area contributed by atoms with Crippen molar-refractivity contribution in [3.63, 3.8) is 0 Å². The van der Waals surface area contributed by atoms with Gasteiger partial charge in [-0.3, -0.25) is 19.8 Å². The van der Waals surface area contributed by atoms with Crippen LogP contribution in [0.1, 0.15) is 18.9 Å². The predicted molar refractivity (Wildman–Crippen MR) is 73.7 cm³/mol. The van der Waals surface area contributed by atoms with E-state index in [4.69, 9.17) is 16.7 Å². The molecule has 0 amide bonds. The average molecular weight is 299 g/mol. The molecule has 0 aromatic heterocycles. The number of aliphatic carboxylic acids is 1. The van der Waals surface area contributed by atoms with Crippen molar-refractivity contribution in [1.82, 2.24) is 4.90 Å². The van der Waals surface area contributed by atoms with Gasteiger partial charge in [-0.25, -0.2) is 0 Å². The quantitative estimate of drug-likeness (QED) is 0.682. The van der Waals surface area contributed by atoms with Crippen LogP contribution in [0.5, 0.6) is 0 Å². The lowest BCUT2D eigenvalue weighted by Gasteiger charge is -2.22. The van der Waals surface area contributed by atoms with Gasteiger partial charge in [0.1, 0.15) is 0 Å². The Morgan fingerprint density at radius 1 is 1.60 bits per heavy atom. The fourth-order valence-electron chi connectivity index (χ4n) is 2.63. The Bertz CT molecular complexity index is 549. The van der Waals surface area contributed by atoms with Crippen molar-refractivity contribution in [1.29, 1.82) is 0 Å². The van der Waals surface area contributed by atoms with Crippen LogP contribution < -0.4 is 0 Å². The summed E-state index contributed by atoms with van der Waals surface area (Å²) in [5, 5.41) is 20.5. The van der Waals surface area contributed by atoms with Gasteiger partial charge in [0.15, 0.2) is 0 Å². The van der Waals surface area contributed by atoms with Gasteiger partial charge in [-0.05, 0) is 32.0 Å². The van der Waals surface area contributed by atoms with Crippen molar-refractivity contribution >= 4 is 23.3 Å². The van der Waals surface area contributed by atoms with Crippen LogP contribution in [0.2, 0.25) is 5.02 Å². The summed E-state index contributed by atoms with van der Waals surface area (Å²) in [5.74, 6) is -1.24. The van der Waals surface area contributed by atoms with Crippen LogP contribution in [0, 0.1) is 16.0 Å².